The summed E-state index contributed by atoms with van der Waals surface area (Å²) in [6.45, 7) is 2.12. The first kappa shape index (κ1) is 9.22. The average Bonchev–Trinajstić information content (AvgIpc) is 2.85. The summed E-state index contributed by atoms with van der Waals surface area (Å²) in [6.07, 6.45) is 2.82. The van der Waals surface area contributed by atoms with Crippen LogP contribution in [0.1, 0.15) is 30.9 Å². The third-order valence-corrected chi connectivity index (χ3v) is 3.17. The Kier molecular flexibility index (Phi) is 2.20. The highest BCUT2D eigenvalue weighted by atomic mass is 79.9. The highest BCUT2D eigenvalue weighted by molar-refractivity contribution is 9.10. The first-order chi connectivity index (χ1) is 6.15. The molecule has 1 aromatic carbocycles. The lowest BCUT2D eigenvalue weighted by Gasteiger charge is -2.13. The third kappa shape index (κ3) is 1.65. The molecule has 2 rings (SSSR count). The van der Waals surface area contributed by atoms with Crippen molar-refractivity contribution < 1.29 is 5.11 Å². The summed E-state index contributed by atoms with van der Waals surface area (Å²) < 4.78 is 1.06. The van der Waals surface area contributed by atoms with Crippen LogP contribution >= 0.6 is 15.9 Å². The predicted octanol–water partition coefficient (Wildman–Crippen LogP) is 2.99. The van der Waals surface area contributed by atoms with Crippen LogP contribution in [0, 0.1) is 0 Å². The Labute approximate surface area is 86.9 Å². The Morgan fingerprint density at radius 1 is 1.46 bits per heavy atom. The number of rotatable bonds is 2. The molecule has 0 unspecified atom stereocenters. The Balaban J connectivity index is 2.47. The van der Waals surface area contributed by atoms with Crippen LogP contribution in [0.4, 0.5) is 0 Å². The number of aryl methyl sites for hydroxylation is 1. The van der Waals surface area contributed by atoms with Crippen molar-refractivity contribution in [1.82, 2.24) is 0 Å². The summed E-state index contributed by atoms with van der Waals surface area (Å²) in [5, 5.41) is 10.0. The molecule has 70 valence electrons. The van der Waals surface area contributed by atoms with E-state index in [1.54, 1.807) is 0 Å². The summed E-state index contributed by atoms with van der Waals surface area (Å²) >= 11 is 3.43. The third-order valence-electron chi connectivity index (χ3n) is 2.68. The first-order valence-electron chi connectivity index (χ1n) is 4.67. The van der Waals surface area contributed by atoms with Gasteiger partial charge in [0.25, 0.3) is 0 Å². The normalized spacial score (nSPS) is 18.7. The van der Waals surface area contributed by atoms with Gasteiger partial charge in [0.1, 0.15) is 0 Å². The van der Waals surface area contributed by atoms with E-state index in [1.807, 2.05) is 12.1 Å². The van der Waals surface area contributed by atoms with E-state index >= 15 is 0 Å². The molecule has 0 saturated heterocycles. The number of hydrogen-bond donors (Lipinski definition) is 1. The monoisotopic (exact) mass is 240 g/mol. The van der Waals surface area contributed by atoms with Gasteiger partial charge in [-0.15, -0.1) is 0 Å². The van der Waals surface area contributed by atoms with Gasteiger partial charge in [-0.2, -0.15) is 0 Å². The number of hydrogen-bond acceptors (Lipinski definition) is 1. The molecular formula is C11H13BrO. The van der Waals surface area contributed by atoms with Crippen molar-refractivity contribution in [2.75, 3.05) is 0 Å². The van der Waals surface area contributed by atoms with E-state index in [-0.39, 0.29) is 0 Å². The highest BCUT2D eigenvalue weighted by Crippen LogP contribution is 2.47. The van der Waals surface area contributed by atoms with Gasteiger partial charge in [-0.05, 0) is 42.5 Å². The lowest BCUT2D eigenvalue weighted by molar-refractivity contribution is 0.150. The quantitative estimate of drug-likeness (QED) is 0.843. The highest BCUT2D eigenvalue weighted by Gasteiger charge is 2.43. The lowest BCUT2D eigenvalue weighted by Crippen LogP contribution is -2.07. The second-order valence-electron chi connectivity index (χ2n) is 3.69. The molecule has 0 radical (unpaired) electrons. The Bertz CT molecular complexity index is 329. The molecule has 1 N–H and O–H groups in total. The Hall–Kier alpha value is -0.340. The predicted molar refractivity (Wildman–Crippen MR) is 56.7 cm³/mol. The average molecular weight is 241 g/mol. The first-order valence-corrected chi connectivity index (χ1v) is 5.46. The second kappa shape index (κ2) is 3.10. The fourth-order valence-corrected chi connectivity index (χ4v) is 2.04. The van der Waals surface area contributed by atoms with Crippen LogP contribution in [0.5, 0.6) is 0 Å². The van der Waals surface area contributed by atoms with Crippen LogP contribution in [0.25, 0.3) is 0 Å². The number of halogens is 1. The van der Waals surface area contributed by atoms with Crippen molar-refractivity contribution in [3.8, 4) is 0 Å². The van der Waals surface area contributed by atoms with Gasteiger partial charge in [-0.3, -0.25) is 0 Å². The van der Waals surface area contributed by atoms with Gasteiger partial charge < -0.3 is 5.11 Å². The Morgan fingerprint density at radius 3 is 2.69 bits per heavy atom. The zero-order valence-electron chi connectivity index (χ0n) is 7.68. The van der Waals surface area contributed by atoms with Gasteiger partial charge in [0.2, 0.25) is 0 Å². The van der Waals surface area contributed by atoms with Crippen molar-refractivity contribution in [1.29, 1.82) is 0 Å². The standard InChI is InChI=1S/C11H13BrO/c1-2-8-3-4-9(12)7-10(8)11(13)5-6-11/h3-4,7,13H,2,5-6H2,1H3. The van der Waals surface area contributed by atoms with Crippen molar-refractivity contribution in [3.05, 3.63) is 33.8 Å². The molecule has 2 heteroatoms. The minimum Gasteiger partial charge on any atom is -0.385 e. The van der Waals surface area contributed by atoms with Crippen molar-refractivity contribution in [2.24, 2.45) is 0 Å². The summed E-state index contributed by atoms with van der Waals surface area (Å²) in [5.41, 5.74) is 1.88. The number of aliphatic hydroxyl groups is 1. The van der Waals surface area contributed by atoms with Gasteiger partial charge >= 0.3 is 0 Å². The van der Waals surface area contributed by atoms with Crippen LogP contribution in [-0.4, -0.2) is 5.11 Å². The lowest BCUT2D eigenvalue weighted by atomic mass is 9.99. The molecule has 0 atom stereocenters. The second-order valence-corrected chi connectivity index (χ2v) is 4.60. The van der Waals surface area contributed by atoms with Gasteiger partial charge in [0, 0.05) is 4.47 Å². The molecule has 1 aliphatic carbocycles. The van der Waals surface area contributed by atoms with Crippen LogP contribution in [0.2, 0.25) is 0 Å². The van der Waals surface area contributed by atoms with E-state index in [0.29, 0.717) is 0 Å². The molecule has 0 heterocycles. The molecule has 1 fully saturated rings. The Morgan fingerprint density at radius 2 is 2.15 bits per heavy atom. The largest absolute Gasteiger partial charge is 0.385 e. The van der Waals surface area contributed by atoms with E-state index in [0.717, 1.165) is 29.3 Å². The fraction of sp³-hybridized carbons (Fsp3) is 0.455. The molecule has 0 aliphatic heterocycles. The minimum atomic E-state index is -0.505. The maximum atomic E-state index is 10.0. The molecule has 0 amide bonds. The maximum Gasteiger partial charge on any atom is 0.0902 e. The van der Waals surface area contributed by atoms with E-state index in [1.165, 1.54) is 5.56 Å². The number of benzene rings is 1. The summed E-state index contributed by atoms with van der Waals surface area (Å²) in [5.74, 6) is 0. The summed E-state index contributed by atoms with van der Waals surface area (Å²) in [7, 11) is 0. The summed E-state index contributed by atoms with van der Waals surface area (Å²) in [6, 6.07) is 6.18. The van der Waals surface area contributed by atoms with Gasteiger partial charge in [-0.25, -0.2) is 0 Å². The van der Waals surface area contributed by atoms with Gasteiger partial charge in [0.15, 0.2) is 0 Å². The minimum absolute atomic E-state index is 0.505. The molecule has 13 heavy (non-hydrogen) atoms. The van der Waals surface area contributed by atoms with E-state index in [9.17, 15) is 5.11 Å². The van der Waals surface area contributed by atoms with E-state index in [4.69, 9.17) is 0 Å². The van der Waals surface area contributed by atoms with Crippen LogP contribution < -0.4 is 0 Å². The smallest absolute Gasteiger partial charge is 0.0902 e. The molecule has 1 saturated carbocycles. The van der Waals surface area contributed by atoms with E-state index in [2.05, 4.69) is 28.9 Å². The maximum absolute atomic E-state index is 10.0. The molecule has 1 aromatic rings. The molecule has 1 nitrogen and oxygen atoms in total. The fourth-order valence-electron chi connectivity index (χ4n) is 1.68. The SMILES string of the molecule is CCc1ccc(Br)cc1C1(O)CC1. The molecule has 1 aliphatic rings. The van der Waals surface area contributed by atoms with Crippen molar-refractivity contribution >= 4 is 15.9 Å². The van der Waals surface area contributed by atoms with Gasteiger partial charge in [-0.1, -0.05) is 28.9 Å². The van der Waals surface area contributed by atoms with Crippen LogP contribution in [0.3, 0.4) is 0 Å². The van der Waals surface area contributed by atoms with Crippen molar-refractivity contribution in [3.63, 3.8) is 0 Å². The molecule has 0 aromatic heterocycles. The topological polar surface area (TPSA) is 20.2 Å². The van der Waals surface area contributed by atoms with Crippen molar-refractivity contribution in [2.45, 2.75) is 31.8 Å². The van der Waals surface area contributed by atoms with E-state index < -0.39 is 5.60 Å². The zero-order chi connectivity index (χ0) is 9.47. The van der Waals surface area contributed by atoms with Crippen LogP contribution in [-0.2, 0) is 12.0 Å². The van der Waals surface area contributed by atoms with Crippen LogP contribution in [0.15, 0.2) is 22.7 Å². The zero-order valence-corrected chi connectivity index (χ0v) is 9.26. The molecular weight excluding hydrogens is 228 g/mol. The summed E-state index contributed by atoms with van der Waals surface area (Å²) in [4.78, 5) is 0. The molecule has 0 spiro atoms. The van der Waals surface area contributed by atoms with Gasteiger partial charge in [0.05, 0.1) is 5.60 Å². The molecule has 0 bridgehead atoms.